The summed E-state index contributed by atoms with van der Waals surface area (Å²) in [7, 11) is 0. The fraction of sp³-hybridized carbons (Fsp3) is 0.103. The molecule has 0 aromatic heterocycles. The Morgan fingerprint density at radius 3 is 2.57 bits per heavy atom. The Kier molecular flexibility index (Phi) is 7.04. The molecule has 1 aliphatic heterocycles. The molecule has 0 radical (unpaired) electrons. The molecular weight excluding hydrogens is 538 g/mol. The van der Waals surface area contributed by atoms with Gasteiger partial charge in [-0.05, 0) is 68.5 Å². The third-order valence-corrected chi connectivity index (χ3v) is 7.85. The predicted molar refractivity (Wildman–Crippen MR) is 152 cm³/mol. The van der Waals surface area contributed by atoms with Crippen molar-refractivity contribution in [3.05, 3.63) is 117 Å². The van der Waals surface area contributed by atoms with E-state index in [1.54, 1.807) is 4.90 Å². The first-order valence-corrected chi connectivity index (χ1v) is 13.2. The summed E-state index contributed by atoms with van der Waals surface area (Å²) in [4.78, 5) is 15.3. The highest BCUT2D eigenvalue weighted by atomic mass is 79.9. The lowest BCUT2D eigenvalue weighted by molar-refractivity contribution is -0.122. The molecule has 6 heteroatoms. The first-order valence-electron chi connectivity index (χ1n) is 11.2. The first kappa shape index (κ1) is 23.8. The second-order valence-corrected chi connectivity index (χ2v) is 10.9. The normalized spacial score (nSPS) is 14.8. The van der Waals surface area contributed by atoms with Crippen molar-refractivity contribution in [1.82, 2.24) is 4.90 Å². The van der Waals surface area contributed by atoms with Crippen LogP contribution >= 0.6 is 39.9 Å². The highest BCUT2D eigenvalue weighted by Gasteiger charge is 2.32. The van der Waals surface area contributed by atoms with E-state index in [-0.39, 0.29) is 5.91 Å². The summed E-state index contributed by atoms with van der Waals surface area (Å²) in [6, 6.07) is 28.5. The Morgan fingerprint density at radius 1 is 1.00 bits per heavy atom. The van der Waals surface area contributed by atoms with Crippen molar-refractivity contribution >= 4 is 67.0 Å². The Balaban J connectivity index is 1.29. The Labute approximate surface area is 222 Å². The number of halogens is 1. The summed E-state index contributed by atoms with van der Waals surface area (Å²) < 4.78 is 7.53. The highest BCUT2D eigenvalue weighted by molar-refractivity contribution is 9.10. The fourth-order valence-electron chi connectivity index (χ4n) is 3.96. The Morgan fingerprint density at radius 2 is 1.77 bits per heavy atom. The van der Waals surface area contributed by atoms with Gasteiger partial charge in [0.15, 0.2) is 0 Å². The summed E-state index contributed by atoms with van der Waals surface area (Å²) >= 11 is 10.5. The second-order valence-electron chi connectivity index (χ2n) is 8.37. The van der Waals surface area contributed by atoms with Gasteiger partial charge in [0.1, 0.15) is 16.7 Å². The van der Waals surface area contributed by atoms with E-state index >= 15 is 0 Å². The van der Waals surface area contributed by atoms with Crippen LogP contribution in [-0.4, -0.2) is 15.1 Å². The lowest BCUT2D eigenvalue weighted by Gasteiger charge is -2.14. The number of nitrogens with zero attached hydrogens (tertiary/aromatic N) is 1. The molecule has 0 spiro atoms. The van der Waals surface area contributed by atoms with Gasteiger partial charge in [-0.1, -0.05) is 102 Å². The number of amides is 1. The molecular formula is C29H22BrNO2S2. The molecule has 4 aromatic carbocycles. The van der Waals surface area contributed by atoms with Crippen LogP contribution in [0.4, 0.5) is 0 Å². The molecule has 35 heavy (non-hydrogen) atoms. The van der Waals surface area contributed by atoms with Crippen molar-refractivity contribution < 1.29 is 9.53 Å². The molecule has 0 bridgehead atoms. The highest BCUT2D eigenvalue weighted by Crippen LogP contribution is 2.35. The average Bonchev–Trinajstić information content (AvgIpc) is 3.12. The van der Waals surface area contributed by atoms with Crippen molar-refractivity contribution in [2.24, 2.45) is 0 Å². The van der Waals surface area contributed by atoms with E-state index in [0.717, 1.165) is 26.9 Å². The van der Waals surface area contributed by atoms with E-state index in [1.807, 2.05) is 73.7 Å². The van der Waals surface area contributed by atoms with Gasteiger partial charge in [0, 0.05) is 0 Å². The number of aryl methyl sites for hydroxylation is 1. The number of thioether (sulfide) groups is 1. The molecule has 0 unspecified atom stereocenters. The van der Waals surface area contributed by atoms with E-state index in [4.69, 9.17) is 17.0 Å². The summed E-state index contributed by atoms with van der Waals surface area (Å²) in [6.07, 6.45) is 1.88. The van der Waals surface area contributed by atoms with Gasteiger partial charge in [-0.3, -0.25) is 9.69 Å². The van der Waals surface area contributed by atoms with Crippen molar-refractivity contribution in [2.75, 3.05) is 0 Å². The smallest absolute Gasteiger partial charge is 0.266 e. The number of ether oxygens (including phenoxy) is 1. The molecule has 4 aromatic rings. The monoisotopic (exact) mass is 559 g/mol. The van der Waals surface area contributed by atoms with Crippen LogP contribution in [0.1, 0.15) is 22.3 Å². The van der Waals surface area contributed by atoms with Gasteiger partial charge < -0.3 is 4.74 Å². The van der Waals surface area contributed by atoms with Gasteiger partial charge in [0.25, 0.3) is 5.91 Å². The van der Waals surface area contributed by atoms with E-state index in [9.17, 15) is 4.79 Å². The number of benzene rings is 4. The Bertz CT molecular complexity index is 1460. The number of hydrogen-bond acceptors (Lipinski definition) is 4. The van der Waals surface area contributed by atoms with Gasteiger partial charge in [-0.25, -0.2) is 0 Å². The summed E-state index contributed by atoms with van der Waals surface area (Å²) in [5, 5.41) is 2.39. The quantitative estimate of drug-likeness (QED) is 0.177. The number of carbonyl (C=O) groups is 1. The SMILES string of the molecule is Cc1ccc(CN2C(=O)C(=Cc3ccc(OCc4cccc5ccccc45)c(Br)c3)SC2=S)cc1. The first-order chi connectivity index (χ1) is 17.0. The molecule has 174 valence electrons. The van der Waals surface area contributed by atoms with E-state index in [1.165, 1.54) is 28.1 Å². The maximum atomic E-state index is 13.0. The van der Waals surface area contributed by atoms with Gasteiger partial charge in [0.05, 0.1) is 15.9 Å². The molecule has 1 aliphatic rings. The molecule has 0 atom stereocenters. The standard InChI is InChI=1S/C29H22BrNO2S2/c1-19-9-11-20(12-10-19)17-31-28(32)27(35-29(31)34)16-21-13-14-26(25(30)15-21)33-18-23-7-4-6-22-5-2-3-8-24(22)23/h2-16H,17-18H2,1H3. The number of carbonyl (C=O) groups excluding carboxylic acids is 1. The fourth-order valence-corrected chi connectivity index (χ4v) is 5.73. The second kappa shape index (κ2) is 10.4. The van der Waals surface area contributed by atoms with E-state index in [0.29, 0.717) is 22.4 Å². The zero-order valence-corrected chi connectivity index (χ0v) is 22.3. The van der Waals surface area contributed by atoms with Crippen molar-refractivity contribution in [3.8, 4) is 5.75 Å². The van der Waals surface area contributed by atoms with Crippen molar-refractivity contribution in [2.45, 2.75) is 20.1 Å². The van der Waals surface area contributed by atoms with Crippen molar-refractivity contribution in [3.63, 3.8) is 0 Å². The minimum absolute atomic E-state index is 0.0621. The molecule has 5 rings (SSSR count). The number of hydrogen-bond donors (Lipinski definition) is 0. The Hall–Kier alpha value is -2.93. The topological polar surface area (TPSA) is 29.5 Å². The molecule has 3 nitrogen and oxygen atoms in total. The zero-order valence-electron chi connectivity index (χ0n) is 19.0. The summed E-state index contributed by atoms with van der Waals surface area (Å²) in [6.45, 7) is 2.99. The van der Waals surface area contributed by atoms with E-state index < -0.39 is 0 Å². The maximum absolute atomic E-state index is 13.0. The molecule has 0 N–H and O–H groups in total. The lowest BCUT2D eigenvalue weighted by atomic mass is 10.1. The molecule has 1 heterocycles. The van der Waals surface area contributed by atoms with Gasteiger partial charge in [-0.2, -0.15) is 0 Å². The lowest BCUT2D eigenvalue weighted by Crippen LogP contribution is -2.27. The third-order valence-electron chi connectivity index (χ3n) is 5.85. The summed E-state index contributed by atoms with van der Waals surface area (Å²) in [5.41, 5.74) is 4.29. The zero-order chi connectivity index (χ0) is 24.4. The number of rotatable bonds is 6. The van der Waals surface area contributed by atoms with Crippen LogP contribution in [0.15, 0.2) is 94.3 Å². The molecule has 1 fully saturated rings. The third kappa shape index (κ3) is 5.35. The predicted octanol–water partition coefficient (Wildman–Crippen LogP) is 7.89. The number of fused-ring (bicyclic) bond motifs is 1. The van der Waals surface area contributed by atoms with Crippen LogP contribution in [0.5, 0.6) is 5.75 Å². The maximum Gasteiger partial charge on any atom is 0.266 e. The summed E-state index contributed by atoms with van der Waals surface area (Å²) in [5.74, 6) is 0.690. The van der Waals surface area contributed by atoms with Gasteiger partial charge in [0.2, 0.25) is 0 Å². The van der Waals surface area contributed by atoms with Crippen LogP contribution in [-0.2, 0) is 17.9 Å². The van der Waals surface area contributed by atoms with Crippen LogP contribution in [0, 0.1) is 6.92 Å². The van der Waals surface area contributed by atoms with Crippen LogP contribution < -0.4 is 4.74 Å². The van der Waals surface area contributed by atoms with Crippen LogP contribution in [0.3, 0.4) is 0 Å². The average molecular weight is 561 g/mol. The molecule has 0 saturated carbocycles. The van der Waals surface area contributed by atoms with Crippen LogP contribution in [0.2, 0.25) is 0 Å². The molecule has 1 amide bonds. The van der Waals surface area contributed by atoms with Crippen molar-refractivity contribution in [1.29, 1.82) is 0 Å². The molecule has 1 saturated heterocycles. The largest absolute Gasteiger partial charge is 0.488 e. The minimum atomic E-state index is -0.0621. The van der Waals surface area contributed by atoms with E-state index in [2.05, 4.69) is 40.2 Å². The minimum Gasteiger partial charge on any atom is -0.488 e. The number of thiocarbonyl (C=S) groups is 1. The van der Waals surface area contributed by atoms with Gasteiger partial charge in [-0.15, -0.1) is 0 Å². The van der Waals surface area contributed by atoms with Crippen LogP contribution in [0.25, 0.3) is 16.8 Å². The van der Waals surface area contributed by atoms with Gasteiger partial charge >= 0.3 is 0 Å². The molecule has 0 aliphatic carbocycles.